The van der Waals surface area contributed by atoms with Gasteiger partial charge in [0.15, 0.2) is 0 Å². The summed E-state index contributed by atoms with van der Waals surface area (Å²) in [6.07, 6.45) is 3.25. The summed E-state index contributed by atoms with van der Waals surface area (Å²) < 4.78 is 12.7. The monoisotopic (exact) mass is 156 g/mol. The Hall–Kier alpha value is -0.605. The molecule has 1 rings (SSSR count). The summed E-state index contributed by atoms with van der Waals surface area (Å²) in [5, 5.41) is 17.4. The quantitative estimate of drug-likeness (QED) is 0.541. The van der Waals surface area contributed by atoms with Crippen LogP contribution in [0, 0.1) is 5.92 Å². The molecular formula is C7H10BFO2. The zero-order chi connectivity index (χ0) is 8.43. The van der Waals surface area contributed by atoms with Crippen molar-refractivity contribution in [2.24, 2.45) is 5.92 Å². The van der Waals surface area contributed by atoms with Crippen molar-refractivity contribution in [3.63, 3.8) is 0 Å². The highest BCUT2D eigenvalue weighted by Crippen LogP contribution is 2.19. The minimum atomic E-state index is -1.48. The van der Waals surface area contributed by atoms with Crippen molar-refractivity contribution in [2.75, 3.05) is 0 Å². The zero-order valence-corrected chi connectivity index (χ0v) is 6.24. The van der Waals surface area contributed by atoms with Gasteiger partial charge in [0.1, 0.15) is 6.17 Å². The largest absolute Gasteiger partial charge is 0.488 e. The molecule has 0 saturated carbocycles. The summed E-state index contributed by atoms with van der Waals surface area (Å²) in [5.74, 6) is -0.267. The third kappa shape index (κ3) is 1.91. The first kappa shape index (κ1) is 8.49. The van der Waals surface area contributed by atoms with Gasteiger partial charge in [0.25, 0.3) is 0 Å². The maximum Gasteiger partial charge on any atom is 0.488 e. The van der Waals surface area contributed by atoms with Crippen molar-refractivity contribution in [3.05, 3.63) is 23.7 Å². The van der Waals surface area contributed by atoms with Crippen LogP contribution in [0.5, 0.6) is 0 Å². The van der Waals surface area contributed by atoms with Gasteiger partial charge in [0.05, 0.1) is 0 Å². The first-order chi connectivity index (χ1) is 5.11. The summed E-state index contributed by atoms with van der Waals surface area (Å²) in [6.45, 7) is 1.69. The van der Waals surface area contributed by atoms with Crippen LogP contribution in [-0.2, 0) is 0 Å². The summed E-state index contributed by atoms with van der Waals surface area (Å²) in [4.78, 5) is 0. The number of halogens is 1. The Morgan fingerprint density at radius 2 is 2.18 bits per heavy atom. The Kier molecular flexibility index (Phi) is 2.47. The van der Waals surface area contributed by atoms with Crippen LogP contribution in [0.1, 0.15) is 6.92 Å². The summed E-state index contributed by atoms with van der Waals surface area (Å²) in [5.41, 5.74) is 0.367. The summed E-state index contributed by atoms with van der Waals surface area (Å²) >= 11 is 0. The normalized spacial score (nSPS) is 30.0. The van der Waals surface area contributed by atoms with E-state index in [0.29, 0.717) is 5.47 Å². The zero-order valence-electron chi connectivity index (χ0n) is 6.24. The van der Waals surface area contributed by atoms with E-state index in [1.54, 1.807) is 6.92 Å². The van der Waals surface area contributed by atoms with Gasteiger partial charge in [-0.25, -0.2) is 4.39 Å². The lowest BCUT2D eigenvalue weighted by atomic mass is 9.75. The maximum atomic E-state index is 12.7. The molecule has 2 N–H and O–H groups in total. The van der Waals surface area contributed by atoms with Crippen LogP contribution in [-0.4, -0.2) is 23.3 Å². The van der Waals surface area contributed by atoms with E-state index in [-0.39, 0.29) is 5.92 Å². The molecule has 4 heteroatoms. The number of hydrogen-bond acceptors (Lipinski definition) is 2. The smallest absolute Gasteiger partial charge is 0.423 e. The molecule has 2 atom stereocenters. The number of hydrogen-bond donors (Lipinski definition) is 2. The van der Waals surface area contributed by atoms with E-state index in [4.69, 9.17) is 10.0 Å². The Morgan fingerprint density at radius 3 is 2.64 bits per heavy atom. The van der Waals surface area contributed by atoms with E-state index >= 15 is 0 Å². The molecule has 11 heavy (non-hydrogen) atoms. The average Bonchev–Trinajstić information content (AvgIpc) is 1.94. The van der Waals surface area contributed by atoms with Crippen LogP contribution >= 0.6 is 0 Å². The van der Waals surface area contributed by atoms with Crippen molar-refractivity contribution in [1.82, 2.24) is 0 Å². The van der Waals surface area contributed by atoms with Gasteiger partial charge in [-0.2, -0.15) is 0 Å². The molecule has 0 amide bonds. The molecule has 60 valence electrons. The lowest BCUT2D eigenvalue weighted by Crippen LogP contribution is -2.20. The molecule has 0 saturated heterocycles. The molecule has 1 aliphatic carbocycles. The van der Waals surface area contributed by atoms with Gasteiger partial charge in [-0.3, -0.25) is 0 Å². The van der Waals surface area contributed by atoms with E-state index in [2.05, 4.69) is 0 Å². The van der Waals surface area contributed by atoms with Gasteiger partial charge >= 0.3 is 7.12 Å². The summed E-state index contributed by atoms with van der Waals surface area (Å²) in [6, 6.07) is 0. The van der Waals surface area contributed by atoms with Gasteiger partial charge in [-0.1, -0.05) is 25.2 Å². The topological polar surface area (TPSA) is 40.5 Å². The van der Waals surface area contributed by atoms with E-state index in [1.165, 1.54) is 18.2 Å². The lowest BCUT2D eigenvalue weighted by molar-refractivity contribution is 0.332. The highest BCUT2D eigenvalue weighted by molar-refractivity contribution is 6.51. The molecule has 1 aliphatic rings. The van der Waals surface area contributed by atoms with Gasteiger partial charge < -0.3 is 10.0 Å². The average molecular weight is 156 g/mol. The second-order valence-electron chi connectivity index (χ2n) is 2.70. The maximum absolute atomic E-state index is 12.7. The molecule has 0 aliphatic heterocycles. The minimum absolute atomic E-state index is 0.267. The highest BCUT2D eigenvalue weighted by atomic mass is 19.1. The van der Waals surface area contributed by atoms with Gasteiger partial charge in [0.2, 0.25) is 0 Å². The van der Waals surface area contributed by atoms with Crippen LogP contribution < -0.4 is 0 Å². The van der Waals surface area contributed by atoms with Gasteiger partial charge in [-0.05, 0) is 5.47 Å². The first-order valence-corrected chi connectivity index (χ1v) is 3.51. The predicted molar refractivity (Wildman–Crippen MR) is 41.5 cm³/mol. The van der Waals surface area contributed by atoms with E-state index in [1.807, 2.05) is 0 Å². The molecule has 0 bridgehead atoms. The number of allylic oxidation sites excluding steroid dienone is 4. The third-order valence-electron chi connectivity index (χ3n) is 1.73. The third-order valence-corrected chi connectivity index (χ3v) is 1.73. The van der Waals surface area contributed by atoms with Crippen molar-refractivity contribution < 1.29 is 14.4 Å². The van der Waals surface area contributed by atoms with Crippen LogP contribution in [0.3, 0.4) is 0 Å². The van der Waals surface area contributed by atoms with E-state index in [9.17, 15) is 4.39 Å². The predicted octanol–water partition coefficient (Wildman–Crippen LogP) is 0.469. The van der Waals surface area contributed by atoms with Crippen LogP contribution in [0.15, 0.2) is 23.7 Å². The minimum Gasteiger partial charge on any atom is -0.423 e. The van der Waals surface area contributed by atoms with Crippen molar-refractivity contribution in [1.29, 1.82) is 0 Å². The molecule has 0 aromatic rings. The lowest BCUT2D eigenvalue weighted by Gasteiger charge is -2.15. The highest BCUT2D eigenvalue weighted by Gasteiger charge is 2.20. The van der Waals surface area contributed by atoms with Crippen LogP contribution in [0.4, 0.5) is 4.39 Å². The molecule has 0 aromatic heterocycles. The summed E-state index contributed by atoms with van der Waals surface area (Å²) in [7, 11) is -1.48. The van der Waals surface area contributed by atoms with E-state index < -0.39 is 13.3 Å². The molecular weight excluding hydrogens is 146 g/mol. The Balaban J connectivity index is 2.72. The van der Waals surface area contributed by atoms with Gasteiger partial charge in [0, 0.05) is 5.92 Å². The first-order valence-electron chi connectivity index (χ1n) is 3.51. The molecule has 2 nitrogen and oxygen atoms in total. The SMILES string of the molecule is CC1C=C(B(O)O)C=CC1F. The fraction of sp³-hybridized carbons (Fsp3) is 0.429. The standard InChI is InChI=1S/C7H10BFO2/c1-5-4-6(8(10)11)2-3-7(5)9/h2-5,7,10-11H,1H3. The van der Waals surface area contributed by atoms with Crippen molar-refractivity contribution in [2.45, 2.75) is 13.1 Å². The molecule has 2 unspecified atom stereocenters. The molecule has 0 radical (unpaired) electrons. The van der Waals surface area contributed by atoms with E-state index in [0.717, 1.165) is 0 Å². The van der Waals surface area contributed by atoms with Gasteiger partial charge in [-0.15, -0.1) is 0 Å². The number of rotatable bonds is 1. The second kappa shape index (κ2) is 3.20. The Morgan fingerprint density at radius 1 is 1.55 bits per heavy atom. The fourth-order valence-electron chi connectivity index (χ4n) is 1.00. The number of alkyl halides is 1. The van der Waals surface area contributed by atoms with Crippen molar-refractivity contribution in [3.8, 4) is 0 Å². The van der Waals surface area contributed by atoms with Crippen molar-refractivity contribution >= 4 is 7.12 Å². The molecule has 0 heterocycles. The molecule has 0 aromatic carbocycles. The fourth-order valence-corrected chi connectivity index (χ4v) is 1.00. The van der Waals surface area contributed by atoms with Crippen LogP contribution in [0.25, 0.3) is 0 Å². The molecule has 0 fully saturated rings. The molecule has 0 spiro atoms. The van der Waals surface area contributed by atoms with Crippen LogP contribution in [0.2, 0.25) is 0 Å². The Bertz CT molecular complexity index is 201. The Labute approximate surface area is 65.2 Å². The second-order valence-corrected chi connectivity index (χ2v) is 2.70.